The van der Waals surface area contributed by atoms with Crippen molar-refractivity contribution < 1.29 is 23.5 Å². The standard InChI is InChI=1S/C27H27N3O6/c1-15-11-23(31)35-22-13-16(9-10-18(15)22)24(32)30-25(33)21(29-26(34)36-27(2,3)4)12-17-14-28-20-8-6-5-7-19(17)20/h5-11,13-14,21,28H,12H2,1-4H3,(H,29,34)(H,30,32,33)/t21-/m1/s1. The number of alkyl carbamates (subject to hydrolysis) is 1. The van der Waals surface area contributed by atoms with Crippen LogP contribution < -0.4 is 16.3 Å². The first-order chi connectivity index (χ1) is 17.0. The van der Waals surface area contributed by atoms with Crippen LogP contribution in [0.15, 0.2) is 63.9 Å². The minimum absolute atomic E-state index is 0.119. The van der Waals surface area contributed by atoms with Crippen LogP contribution in [0.2, 0.25) is 0 Å². The maximum atomic E-state index is 13.2. The normalized spacial score (nSPS) is 12.3. The molecule has 4 aromatic rings. The third kappa shape index (κ3) is 5.63. The molecule has 9 heteroatoms. The summed E-state index contributed by atoms with van der Waals surface area (Å²) in [6.45, 7) is 6.90. The van der Waals surface area contributed by atoms with Gasteiger partial charge in [0.25, 0.3) is 5.91 Å². The average molecular weight is 490 g/mol. The molecule has 0 spiro atoms. The zero-order chi connectivity index (χ0) is 26.0. The smallest absolute Gasteiger partial charge is 0.408 e. The zero-order valence-electron chi connectivity index (χ0n) is 20.4. The van der Waals surface area contributed by atoms with E-state index in [1.165, 1.54) is 18.2 Å². The lowest BCUT2D eigenvalue weighted by molar-refractivity contribution is -0.122. The first-order valence-electron chi connectivity index (χ1n) is 11.4. The molecule has 0 radical (unpaired) electrons. The van der Waals surface area contributed by atoms with Crippen molar-refractivity contribution >= 4 is 39.8 Å². The fourth-order valence-electron chi connectivity index (χ4n) is 3.92. The van der Waals surface area contributed by atoms with Gasteiger partial charge in [-0.2, -0.15) is 0 Å². The van der Waals surface area contributed by atoms with E-state index < -0.39 is 35.2 Å². The number of rotatable bonds is 5. The maximum Gasteiger partial charge on any atom is 0.408 e. The molecule has 0 unspecified atom stereocenters. The predicted molar refractivity (Wildman–Crippen MR) is 135 cm³/mol. The number of ether oxygens (including phenoxy) is 1. The van der Waals surface area contributed by atoms with Crippen LogP contribution in [0, 0.1) is 6.92 Å². The molecule has 2 aromatic heterocycles. The van der Waals surface area contributed by atoms with Crippen molar-refractivity contribution in [2.24, 2.45) is 0 Å². The number of carbonyl (C=O) groups is 3. The summed E-state index contributed by atoms with van der Waals surface area (Å²) >= 11 is 0. The second-order valence-electron chi connectivity index (χ2n) is 9.54. The number of benzene rings is 2. The van der Waals surface area contributed by atoms with Gasteiger partial charge in [0, 0.05) is 40.5 Å². The monoisotopic (exact) mass is 489 g/mol. The van der Waals surface area contributed by atoms with E-state index in [0.29, 0.717) is 10.9 Å². The van der Waals surface area contributed by atoms with Gasteiger partial charge in [-0.1, -0.05) is 24.3 Å². The number of imide groups is 1. The number of hydrogen-bond acceptors (Lipinski definition) is 6. The lowest BCUT2D eigenvalue weighted by Gasteiger charge is -2.23. The second-order valence-corrected chi connectivity index (χ2v) is 9.54. The molecular formula is C27H27N3O6. The molecule has 2 aromatic carbocycles. The molecule has 186 valence electrons. The predicted octanol–water partition coefficient (Wildman–Crippen LogP) is 3.98. The number of aromatic nitrogens is 1. The molecule has 0 aliphatic carbocycles. The molecule has 0 bridgehead atoms. The highest BCUT2D eigenvalue weighted by Gasteiger charge is 2.27. The van der Waals surface area contributed by atoms with E-state index in [1.54, 1.807) is 40.0 Å². The van der Waals surface area contributed by atoms with E-state index in [9.17, 15) is 19.2 Å². The van der Waals surface area contributed by atoms with Crippen molar-refractivity contribution in [1.82, 2.24) is 15.6 Å². The van der Waals surface area contributed by atoms with Gasteiger partial charge in [0.2, 0.25) is 5.91 Å². The number of H-pyrrole nitrogens is 1. The molecule has 0 saturated heterocycles. The maximum absolute atomic E-state index is 13.2. The van der Waals surface area contributed by atoms with Gasteiger partial charge in [-0.15, -0.1) is 0 Å². The van der Waals surface area contributed by atoms with Gasteiger partial charge < -0.3 is 19.5 Å². The Morgan fingerprint density at radius 3 is 2.56 bits per heavy atom. The van der Waals surface area contributed by atoms with E-state index in [0.717, 1.165) is 16.5 Å². The Kier molecular flexibility index (Phi) is 6.65. The van der Waals surface area contributed by atoms with Crippen LogP contribution in [-0.2, 0) is 16.0 Å². The number of hydrogen-bond donors (Lipinski definition) is 3. The lowest BCUT2D eigenvalue weighted by atomic mass is 10.0. The Labute approximate surface area is 206 Å². The van der Waals surface area contributed by atoms with E-state index in [1.807, 2.05) is 24.3 Å². The van der Waals surface area contributed by atoms with Gasteiger partial charge in [-0.05, 0) is 57.0 Å². The van der Waals surface area contributed by atoms with Crippen LogP contribution in [0.4, 0.5) is 4.79 Å². The summed E-state index contributed by atoms with van der Waals surface area (Å²) in [5.74, 6) is -1.40. The van der Waals surface area contributed by atoms with Gasteiger partial charge in [0.05, 0.1) is 0 Å². The van der Waals surface area contributed by atoms with E-state index >= 15 is 0 Å². The molecule has 0 saturated carbocycles. The topological polar surface area (TPSA) is 130 Å². The van der Waals surface area contributed by atoms with Crippen molar-refractivity contribution in [3.8, 4) is 0 Å². The lowest BCUT2D eigenvalue weighted by Crippen LogP contribution is -2.50. The quantitative estimate of drug-likeness (QED) is 0.364. The molecule has 3 N–H and O–H groups in total. The van der Waals surface area contributed by atoms with Crippen molar-refractivity contribution in [3.05, 3.63) is 81.8 Å². The average Bonchev–Trinajstić information content (AvgIpc) is 3.19. The minimum Gasteiger partial charge on any atom is -0.444 e. The molecule has 2 heterocycles. The summed E-state index contributed by atoms with van der Waals surface area (Å²) in [6.07, 6.45) is 1.10. The summed E-state index contributed by atoms with van der Waals surface area (Å²) in [5, 5.41) is 6.50. The Morgan fingerprint density at radius 2 is 1.81 bits per heavy atom. The Bertz CT molecular complexity index is 1530. The van der Waals surface area contributed by atoms with Crippen LogP contribution in [0.3, 0.4) is 0 Å². The van der Waals surface area contributed by atoms with Gasteiger partial charge >= 0.3 is 11.7 Å². The Balaban J connectivity index is 1.58. The van der Waals surface area contributed by atoms with Gasteiger partial charge in [-0.25, -0.2) is 9.59 Å². The number of aryl methyl sites for hydroxylation is 1. The summed E-state index contributed by atoms with van der Waals surface area (Å²) in [6, 6.07) is 12.4. The SMILES string of the molecule is Cc1cc(=O)oc2cc(C(=O)NC(=O)[C@@H](Cc3c[nH]c4ccccc34)NC(=O)OC(C)(C)C)ccc12. The molecule has 1 atom stereocenters. The van der Waals surface area contributed by atoms with Crippen molar-refractivity contribution in [1.29, 1.82) is 0 Å². The highest BCUT2D eigenvalue weighted by Crippen LogP contribution is 2.20. The molecule has 36 heavy (non-hydrogen) atoms. The number of para-hydroxylation sites is 1. The minimum atomic E-state index is -1.09. The number of nitrogens with one attached hydrogen (secondary N) is 3. The van der Waals surface area contributed by atoms with Crippen LogP contribution in [0.5, 0.6) is 0 Å². The molecule has 0 fully saturated rings. The van der Waals surface area contributed by atoms with E-state index in [4.69, 9.17) is 9.15 Å². The molecule has 9 nitrogen and oxygen atoms in total. The van der Waals surface area contributed by atoms with Gasteiger partial charge in [-0.3, -0.25) is 14.9 Å². The van der Waals surface area contributed by atoms with Crippen LogP contribution in [0.1, 0.15) is 42.3 Å². The van der Waals surface area contributed by atoms with Gasteiger partial charge in [0.1, 0.15) is 17.2 Å². The number of fused-ring (bicyclic) bond motifs is 2. The summed E-state index contributed by atoms with van der Waals surface area (Å²) in [5.41, 5.74) is 1.45. The van der Waals surface area contributed by atoms with Crippen LogP contribution in [0.25, 0.3) is 21.9 Å². The van der Waals surface area contributed by atoms with Crippen LogP contribution >= 0.6 is 0 Å². The molecular weight excluding hydrogens is 462 g/mol. The highest BCUT2D eigenvalue weighted by molar-refractivity contribution is 6.08. The number of aromatic amines is 1. The third-order valence-electron chi connectivity index (χ3n) is 5.56. The molecule has 0 aliphatic rings. The summed E-state index contributed by atoms with van der Waals surface area (Å²) in [4.78, 5) is 53.4. The second kappa shape index (κ2) is 9.69. The fraction of sp³-hybridized carbons (Fsp3) is 0.259. The largest absolute Gasteiger partial charge is 0.444 e. The molecule has 3 amide bonds. The van der Waals surface area contributed by atoms with E-state index in [-0.39, 0.29) is 17.6 Å². The number of amides is 3. The number of carbonyl (C=O) groups excluding carboxylic acids is 3. The third-order valence-corrected chi connectivity index (χ3v) is 5.56. The Hall–Kier alpha value is -4.40. The van der Waals surface area contributed by atoms with Crippen molar-refractivity contribution in [2.75, 3.05) is 0 Å². The zero-order valence-corrected chi connectivity index (χ0v) is 20.4. The highest BCUT2D eigenvalue weighted by atomic mass is 16.6. The molecule has 4 rings (SSSR count). The van der Waals surface area contributed by atoms with Crippen molar-refractivity contribution in [2.45, 2.75) is 45.8 Å². The summed E-state index contributed by atoms with van der Waals surface area (Å²) < 4.78 is 10.5. The fourth-order valence-corrected chi connectivity index (χ4v) is 3.92. The Morgan fingerprint density at radius 1 is 1.06 bits per heavy atom. The first-order valence-corrected chi connectivity index (χ1v) is 11.4. The first kappa shape index (κ1) is 24.7. The molecule has 0 aliphatic heterocycles. The van der Waals surface area contributed by atoms with Gasteiger partial charge in [0.15, 0.2) is 0 Å². The van der Waals surface area contributed by atoms with E-state index in [2.05, 4.69) is 15.6 Å². The summed E-state index contributed by atoms with van der Waals surface area (Å²) in [7, 11) is 0. The van der Waals surface area contributed by atoms with Crippen LogP contribution in [-0.4, -0.2) is 34.5 Å². The van der Waals surface area contributed by atoms with Crippen molar-refractivity contribution in [3.63, 3.8) is 0 Å².